The molecule has 1 aromatic carbocycles. The number of methoxy groups -OCH3 is 1. The van der Waals surface area contributed by atoms with Crippen LogP contribution in [0.15, 0.2) is 24.3 Å². The van der Waals surface area contributed by atoms with Crippen molar-refractivity contribution in [3.05, 3.63) is 24.3 Å². The molecule has 1 N–H and O–H groups in total. The summed E-state index contributed by atoms with van der Waals surface area (Å²) in [5.74, 6) is 0.964. The van der Waals surface area contributed by atoms with E-state index in [1.807, 2.05) is 12.1 Å². The molecule has 0 aromatic heterocycles. The Morgan fingerprint density at radius 2 is 1.95 bits per heavy atom. The fourth-order valence-electron chi connectivity index (χ4n) is 3.44. The van der Waals surface area contributed by atoms with Crippen molar-refractivity contribution in [3.8, 4) is 5.75 Å². The lowest BCUT2D eigenvalue weighted by atomic mass is 9.85. The molecule has 1 fully saturated rings. The molecule has 0 bridgehead atoms. The van der Waals surface area contributed by atoms with Gasteiger partial charge >= 0.3 is 0 Å². The van der Waals surface area contributed by atoms with E-state index in [0.717, 1.165) is 25.4 Å². The molecule has 20 heavy (non-hydrogen) atoms. The van der Waals surface area contributed by atoms with Gasteiger partial charge in [0.15, 0.2) is 0 Å². The molecule has 0 atom stereocenters. The molecule has 3 nitrogen and oxygen atoms in total. The second-order valence-electron chi connectivity index (χ2n) is 6.02. The number of hydrogen-bond acceptors (Lipinski definition) is 3. The maximum atomic E-state index is 5.49. The summed E-state index contributed by atoms with van der Waals surface area (Å²) in [6.07, 6.45) is 5.40. The second-order valence-corrected chi connectivity index (χ2v) is 6.02. The first-order valence-electron chi connectivity index (χ1n) is 7.76. The Balaban J connectivity index is 2.09. The molecule has 1 aliphatic rings. The number of rotatable bonds is 7. The Morgan fingerprint density at radius 3 is 2.60 bits per heavy atom. The number of nitrogens with zero attached hydrogens (tertiary/aromatic N) is 1. The van der Waals surface area contributed by atoms with Crippen molar-refractivity contribution in [2.45, 2.75) is 32.6 Å². The first-order valence-corrected chi connectivity index (χ1v) is 7.76. The largest absolute Gasteiger partial charge is 0.495 e. The van der Waals surface area contributed by atoms with Gasteiger partial charge in [0.1, 0.15) is 5.75 Å². The number of benzene rings is 1. The van der Waals surface area contributed by atoms with Crippen LogP contribution in [0.1, 0.15) is 32.6 Å². The van der Waals surface area contributed by atoms with Gasteiger partial charge in [-0.05, 0) is 31.5 Å². The molecule has 0 unspecified atom stereocenters. The molecule has 0 saturated heterocycles. The number of anilines is 1. The average molecular weight is 276 g/mol. The van der Waals surface area contributed by atoms with Crippen molar-refractivity contribution in [2.24, 2.45) is 5.41 Å². The summed E-state index contributed by atoms with van der Waals surface area (Å²) in [5.41, 5.74) is 1.61. The third kappa shape index (κ3) is 3.45. The first-order chi connectivity index (χ1) is 9.71. The van der Waals surface area contributed by atoms with Crippen LogP contribution in [-0.2, 0) is 0 Å². The van der Waals surface area contributed by atoms with E-state index in [-0.39, 0.29) is 0 Å². The average Bonchev–Trinajstić information content (AvgIpc) is 2.93. The molecule has 1 aromatic rings. The number of ether oxygens (including phenoxy) is 1. The lowest BCUT2D eigenvalue weighted by molar-refractivity contribution is 0.288. The van der Waals surface area contributed by atoms with Gasteiger partial charge in [0.25, 0.3) is 0 Å². The molecule has 0 aliphatic heterocycles. The fraction of sp³-hybridized carbons (Fsp3) is 0.647. The van der Waals surface area contributed by atoms with E-state index in [9.17, 15) is 0 Å². The van der Waals surface area contributed by atoms with E-state index in [4.69, 9.17) is 4.74 Å². The molecule has 0 amide bonds. The Labute approximate surface area is 123 Å². The lowest BCUT2D eigenvalue weighted by Crippen LogP contribution is -2.41. The summed E-state index contributed by atoms with van der Waals surface area (Å²) >= 11 is 0. The Morgan fingerprint density at radius 1 is 1.25 bits per heavy atom. The van der Waals surface area contributed by atoms with Gasteiger partial charge in [-0.1, -0.05) is 31.9 Å². The summed E-state index contributed by atoms with van der Waals surface area (Å²) in [6, 6.07) is 8.30. The minimum absolute atomic E-state index is 0.422. The number of para-hydroxylation sites is 2. The summed E-state index contributed by atoms with van der Waals surface area (Å²) in [4.78, 5) is 2.36. The standard InChI is InChI=1S/C17H28N2O/c1-4-18-13-17(11-7-8-12-17)14-19(2)15-9-5-6-10-16(15)20-3/h5-6,9-10,18H,4,7-8,11-14H2,1-3H3. The highest BCUT2D eigenvalue weighted by Crippen LogP contribution is 2.40. The van der Waals surface area contributed by atoms with Gasteiger partial charge in [0, 0.05) is 25.6 Å². The van der Waals surface area contributed by atoms with Crippen LogP contribution in [0.3, 0.4) is 0 Å². The van der Waals surface area contributed by atoms with Crippen LogP contribution in [0, 0.1) is 5.41 Å². The second kappa shape index (κ2) is 6.98. The van der Waals surface area contributed by atoms with E-state index < -0.39 is 0 Å². The smallest absolute Gasteiger partial charge is 0.142 e. The van der Waals surface area contributed by atoms with E-state index in [2.05, 4.69) is 36.3 Å². The van der Waals surface area contributed by atoms with Crippen LogP contribution in [0.4, 0.5) is 5.69 Å². The molecule has 0 spiro atoms. The van der Waals surface area contributed by atoms with Crippen molar-refractivity contribution >= 4 is 5.69 Å². The van der Waals surface area contributed by atoms with Crippen LogP contribution in [0.5, 0.6) is 5.75 Å². The number of hydrogen-bond donors (Lipinski definition) is 1. The lowest BCUT2D eigenvalue weighted by Gasteiger charge is -2.35. The predicted molar refractivity (Wildman–Crippen MR) is 85.7 cm³/mol. The highest BCUT2D eigenvalue weighted by molar-refractivity contribution is 5.58. The summed E-state index contributed by atoms with van der Waals surface area (Å²) in [6.45, 7) is 5.47. The van der Waals surface area contributed by atoms with Crippen molar-refractivity contribution in [2.75, 3.05) is 38.7 Å². The third-order valence-corrected chi connectivity index (χ3v) is 4.48. The summed E-state index contributed by atoms with van der Waals surface area (Å²) in [7, 11) is 3.93. The van der Waals surface area contributed by atoms with Gasteiger partial charge in [0.2, 0.25) is 0 Å². The van der Waals surface area contributed by atoms with E-state index >= 15 is 0 Å². The molecule has 1 saturated carbocycles. The SMILES string of the molecule is CCNCC1(CN(C)c2ccccc2OC)CCCC1. The van der Waals surface area contributed by atoms with Gasteiger partial charge < -0.3 is 15.0 Å². The van der Waals surface area contributed by atoms with Gasteiger partial charge in [-0.2, -0.15) is 0 Å². The number of nitrogens with one attached hydrogen (secondary N) is 1. The van der Waals surface area contributed by atoms with Crippen LogP contribution in [0.25, 0.3) is 0 Å². The van der Waals surface area contributed by atoms with Crippen molar-refractivity contribution < 1.29 is 4.74 Å². The molecular formula is C17H28N2O. The normalized spacial score (nSPS) is 17.1. The van der Waals surface area contributed by atoms with Gasteiger partial charge in [-0.15, -0.1) is 0 Å². The van der Waals surface area contributed by atoms with Gasteiger partial charge in [-0.25, -0.2) is 0 Å². The van der Waals surface area contributed by atoms with Gasteiger partial charge in [0.05, 0.1) is 12.8 Å². The molecule has 0 heterocycles. The van der Waals surface area contributed by atoms with E-state index in [1.165, 1.54) is 31.4 Å². The van der Waals surface area contributed by atoms with E-state index in [1.54, 1.807) is 7.11 Å². The predicted octanol–water partition coefficient (Wildman–Crippen LogP) is 3.30. The summed E-state index contributed by atoms with van der Waals surface area (Å²) < 4.78 is 5.49. The minimum Gasteiger partial charge on any atom is -0.495 e. The van der Waals surface area contributed by atoms with E-state index in [0.29, 0.717) is 5.41 Å². The molecule has 0 radical (unpaired) electrons. The van der Waals surface area contributed by atoms with Crippen molar-refractivity contribution in [1.82, 2.24) is 5.32 Å². The highest BCUT2D eigenvalue weighted by atomic mass is 16.5. The third-order valence-electron chi connectivity index (χ3n) is 4.48. The molecular weight excluding hydrogens is 248 g/mol. The molecule has 3 heteroatoms. The molecule has 112 valence electrons. The Kier molecular flexibility index (Phi) is 5.30. The highest BCUT2D eigenvalue weighted by Gasteiger charge is 2.34. The maximum absolute atomic E-state index is 5.49. The Bertz CT molecular complexity index is 413. The van der Waals surface area contributed by atoms with Crippen molar-refractivity contribution in [1.29, 1.82) is 0 Å². The zero-order valence-corrected chi connectivity index (χ0v) is 13.1. The van der Waals surface area contributed by atoms with Gasteiger partial charge in [-0.3, -0.25) is 0 Å². The van der Waals surface area contributed by atoms with Crippen LogP contribution in [0.2, 0.25) is 0 Å². The minimum atomic E-state index is 0.422. The van der Waals surface area contributed by atoms with Crippen LogP contribution >= 0.6 is 0 Å². The Hall–Kier alpha value is -1.22. The zero-order chi connectivity index (χ0) is 14.4. The maximum Gasteiger partial charge on any atom is 0.142 e. The topological polar surface area (TPSA) is 24.5 Å². The molecule has 2 rings (SSSR count). The monoisotopic (exact) mass is 276 g/mol. The summed E-state index contributed by atoms with van der Waals surface area (Å²) in [5, 5.41) is 3.56. The molecule has 1 aliphatic carbocycles. The van der Waals surface area contributed by atoms with Crippen LogP contribution < -0.4 is 15.0 Å². The fourth-order valence-corrected chi connectivity index (χ4v) is 3.44. The van der Waals surface area contributed by atoms with Crippen molar-refractivity contribution in [3.63, 3.8) is 0 Å². The first kappa shape index (κ1) is 15.2. The van der Waals surface area contributed by atoms with Crippen LogP contribution in [-0.4, -0.2) is 33.8 Å². The zero-order valence-electron chi connectivity index (χ0n) is 13.1. The quantitative estimate of drug-likeness (QED) is 0.827.